The van der Waals surface area contributed by atoms with E-state index in [9.17, 15) is 9.59 Å². The molecule has 0 bridgehead atoms. The molecule has 3 aromatic carbocycles. The predicted octanol–water partition coefficient (Wildman–Crippen LogP) is 5.18. The first-order valence-corrected chi connectivity index (χ1v) is 9.15. The molecule has 0 aliphatic carbocycles. The topological polar surface area (TPSA) is 52.2 Å². The molecule has 0 atom stereocenters. The number of allylic oxidation sites excluding steroid dienone is 1. The number of fused-ring (bicyclic) bond motifs is 1. The Morgan fingerprint density at radius 3 is 2.50 bits per heavy atom. The van der Waals surface area contributed by atoms with Crippen LogP contribution in [0.2, 0.25) is 0 Å². The number of aryl methyl sites for hydroxylation is 1. The summed E-state index contributed by atoms with van der Waals surface area (Å²) in [4.78, 5) is 23.0. The summed E-state index contributed by atoms with van der Waals surface area (Å²) < 4.78 is 6.84. The van der Waals surface area contributed by atoms with E-state index in [0.29, 0.717) is 29.6 Å². The molecule has 0 spiro atoms. The van der Waals surface area contributed by atoms with Gasteiger partial charge in [0, 0.05) is 12.1 Å². The van der Waals surface area contributed by atoms with Crippen LogP contribution in [0.5, 0.6) is 0 Å². The molecule has 4 aromatic rings. The summed E-state index contributed by atoms with van der Waals surface area (Å²) in [7, 11) is 0. The summed E-state index contributed by atoms with van der Waals surface area (Å²) in [5.41, 5.74) is 5.10. The zero-order valence-electron chi connectivity index (χ0n) is 15.2. The third-order valence-electron chi connectivity index (χ3n) is 4.65. The van der Waals surface area contributed by atoms with Gasteiger partial charge in [0.2, 0.25) is 0 Å². The molecule has 0 amide bonds. The molecule has 28 heavy (non-hydrogen) atoms. The van der Waals surface area contributed by atoms with Gasteiger partial charge in [0.05, 0.1) is 5.52 Å². The highest BCUT2D eigenvalue weighted by molar-refractivity contribution is 5.83. The molecular formula is C24H19NO3. The number of hydrogen-bond acceptors (Lipinski definition) is 3. The van der Waals surface area contributed by atoms with Gasteiger partial charge in [-0.3, -0.25) is 9.36 Å². The number of oxazole rings is 1. The van der Waals surface area contributed by atoms with Crippen LogP contribution < -0.4 is 5.76 Å². The van der Waals surface area contributed by atoms with Crippen LogP contribution in [0, 0.1) is 0 Å². The van der Waals surface area contributed by atoms with Crippen molar-refractivity contribution < 1.29 is 9.21 Å². The van der Waals surface area contributed by atoms with Crippen LogP contribution in [0.3, 0.4) is 0 Å². The Hall–Kier alpha value is -3.66. The molecule has 0 aliphatic heterocycles. The average molecular weight is 369 g/mol. The number of benzene rings is 3. The van der Waals surface area contributed by atoms with Crippen molar-refractivity contribution in [3.8, 4) is 11.1 Å². The zero-order valence-corrected chi connectivity index (χ0v) is 15.2. The van der Waals surface area contributed by atoms with E-state index >= 15 is 0 Å². The van der Waals surface area contributed by atoms with Crippen molar-refractivity contribution in [2.45, 2.75) is 13.0 Å². The number of aldehydes is 1. The Kier molecular flexibility index (Phi) is 5.02. The molecule has 1 aromatic heterocycles. The highest BCUT2D eigenvalue weighted by Gasteiger charge is 2.08. The van der Waals surface area contributed by atoms with Crippen molar-refractivity contribution in [1.29, 1.82) is 0 Å². The number of carbonyl (C=O) groups is 1. The van der Waals surface area contributed by atoms with Gasteiger partial charge in [-0.15, -0.1) is 0 Å². The second kappa shape index (κ2) is 7.92. The number of nitrogens with zero attached hydrogens (tertiary/aromatic N) is 1. The summed E-state index contributed by atoms with van der Waals surface area (Å²) in [6, 6.07) is 23.6. The first kappa shape index (κ1) is 17.7. The van der Waals surface area contributed by atoms with Crippen LogP contribution in [-0.4, -0.2) is 10.9 Å². The molecule has 4 nitrogen and oxygen atoms in total. The van der Waals surface area contributed by atoms with Crippen molar-refractivity contribution in [3.63, 3.8) is 0 Å². The van der Waals surface area contributed by atoms with Crippen LogP contribution in [0.25, 0.3) is 28.3 Å². The SMILES string of the molecule is O=Cc1ccc2c(c1)oc(=O)n2CC/C=C/c1cccc(-c2ccccc2)c1. The molecule has 0 saturated heterocycles. The lowest BCUT2D eigenvalue weighted by atomic mass is 10.0. The zero-order chi connectivity index (χ0) is 19.3. The third-order valence-corrected chi connectivity index (χ3v) is 4.65. The molecule has 0 aliphatic rings. The Morgan fingerprint density at radius 2 is 1.68 bits per heavy atom. The fourth-order valence-corrected chi connectivity index (χ4v) is 3.24. The highest BCUT2D eigenvalue weighted by atomic mass is 16.4. The lowest BCUT2D eigenvalue weighted by molar-refractivity contribution is 0.112. The summed E-state index contributed by atoms with van der Waals surface area (Å²) in [6.45, 7) is 0.515. The van der Waals surface area contributed by atoms with Gasteiger partial charge in [-0.2, -0.15) is 0 Å². The summed E-state index contributed by atoms with van der Waals surface area (Å²) in [6.07, 6.45) is 5.54. The molecule has 0 saturated carbocycles. The van der Waals surface area contributed by atoms with Crippen molar-refractivity contribution in [1.82, 2.24) is 4.57 Å². The third kappa shape index (κ3) is 3.71. The second-order valence-electron chi connectivity index (χ2n) is 6.55. The maximum atomic E-state index is 12.1. The number of aromatic nitrogens is 1. The van der Waals surface area contributed by atoms with Gasteiger partial charge in [0.25, 0.3) is 0 Å². The highest BCUT2D eigenvalue weighted by Crippen LogP contribution is 2.21. The van der Waals surface area contributed by atoms with Gasteiger partial charge < -0.3 is 4.42 Å². The maximum absolute atomic E-state index is 12.1. The minimum Gasteiger partial charge on any atom is -0.408 e. The first-order chi connectivity index (χ1) is 13.7. The Bertz CT molecular complexity index is 1200. The van der Waals surface area contributed by atoms with Crippen LogP contribution in [0.1, 0.15) is 22.3 Å². The Labute approximate surface area is 162 Å². The van der Waals surface area contributed by atoms with Gasteiger partial charge in [-0.05, 0) is 47.4 Å². The monoisotopic (exact) mass is 369 g/mol. The van der Waals surface area contributed by atoms with Crippen LogP contribution in [-0.2, 0) is 6.54 Å². The van der Waals surface area contributed by atoms with Crippen LogP contribution in [0.15, 0.2) is 88.1 Å². The molecule has 0 unspecified atom stereocenters. The minimum atomic E-state index is -0.405. The largest absolute Gasteiger partial charge is 0.419 e. The first-order valence-electron chi connectivity index (χ1n) is 9.15. The Balaban J connectivity index is 1.48. The minimum absolute atomic E-state index is 0.405. The number of carbonyl (C=O) groups excluding carboxylic acids is 1. The van der Waals surface area contributed by atoms with E-state index < -0.39 is 5.76 Å². The van der Waals surface area contributed by atoms with Gasteiger partial charge in [-0.1, -0.05) is 60.7 Å². The standard InChI is InChI=1S/C24H19NO3/c26-17-19-12-13-22-23(16-19)28-24(27)25(22)14-5-4-7-18-8-6-11-21(15-18)20-9-2-1-3-10-20/h1-4,6-13,15-17H,5,14H2/b7-4+. The van der Waals surface area contributed by atoms with Crippen molar-refractivity contribution in [2.24, 2.45) is 0 Å². The smallest absolute Gasteiger partial charge is 0.408 e. The lowest BCUT2D eigenvalue weighted by Crippen LogP contribution is -2.13. The average Bonchev–Trinajstić information content (AvgIpc) is 3.06. The van der Waals surface area contributed by atoms with Gasteiger partial charge in [-0.25, -0.2) is 4.79 Å². The molecule has 4 heteroatoms. The van der Waals surface area contributed by atoms with E-state index in [2.05, 4.69) is 42.5 Å². The van der Waals surface area contributed by atoms with Crippen LogP contribution in [0.4, 0.5) is 0 Å². The van der Waals surface area contributed by atoms with E-state index in [1.54, 1.807) is 22.8 Å². The maximum Gasteiger partial charge on any atom is 0.419 e. The van der Waals surface area contributed by atoms with Crippen LogP contribution >= 0.6 is 0 Å². The molecule has 0 radical (unpaired) electrons. The molecule has 0 N–H and O–H groups in total. The summed E-state index contributed by atoms with van der Waals surface area (Å²) >= 11 is 0. The lowest BCUT2D eigenvalue weighted by Gasteiger charge is -2.03. The van der Waals surface area contributed by atoms with E-state index in [1.165, 1.54) is 11.1 Å². The number of hydrogen-bond donors (Lipinski definition) is 0. The van der Waals surface area contributed by atoms with E-state index in [-0.39, 0.29) is 0 Å². The molecule has 1 heterocycles. The van der Waals surface area contributed by atoms with Crippen molar-refractivity contribution >= 4 is 23.5 Å². The fraction of sp³-hybridized carbons (Fsp3) is 0.0833. The molecular weight excluding hydrogens is 350 g/mol. The van der Waals surface area contributed by atoms with Gasteiger partial charge in [0.15, 0.2) is 5.58 Å². The van der Waals surface area contributed by atoms with Crippen molar-refractivity contribution in [2.75, 3.05) is 0 Å². The van der Waals surface area contributed by atoms with E-state index in [1.807, 2.05) is 24.3 Å². The number of rotatable bonds is 6. The summed E-state index contributed by atoms with van der Waals surface area (Å²) in [5, 5.41) is 0. The van der Waals surface area contributed by atoms with Crippen molar-refractivity contribution in [3.05, 3.63) is 101 Å². The van der Waals surface area contributed by atoms with Gasteiger partial charge >= 0.3 is 5.76 Å². The second-order valence-corrected chi connectivity index (χ2v) is 6.55. The van der Waals surface area contributed by atoms with Gasteiger partial charge in [0.1, 0.15) is 6.29 Å². The van der Waals surface area contributed by atoms with E-state index in [0.717, 1.165) is 11.8 Å². The van der Waals surface area contributed by atoms with E-state index in [4.69, 9.17) is 4.42 Å². The Morgan fingerprint density at radius 1 is 0.857 bits per heavy atom. The molecule has 0 fully saturated rings. The fourth-order valence-electron chi connectivity index (χ4n) is 3.24. The normalized spacial score (nSPS) is 11.3. The predicted molar refractivity (Wildman–Crippen MR) is 111 cm³/mol. The molecule has 4 rings (SSSR count). The summed E-state index contributed by atoms with van der Waals surface area (Å²) in [5.74, 6) is -0.405. The molecule has 138 valence electrons. The quantitative estimate of drug-likeness (QED) is 0.440.